The first-order valence-corrected chi connectivity index (χ1v) is 12.9. The molecule has 0 spiro atoms. The summed E-state index contributed by atoms with van der Waals surface area (Å²) in [6.07, 6.45) is 15.5. The van der Waals surface area contributed by atoms with Crippen molar-refractivity contribution in [1.29, 1.82) is 0 Å². The largest absolute Gasteiger partial charge is 0.506 e. The van der Waals surface area contributed by atoms with Crippen molar-refractivity contribution >= 4 is 0 Å². The minimum absolute atomic E-state index is 0.0907. The molecule has 1 unspecified atom stereocenters. The Morgan fingerprint density at radius 1 is 0.933 bits per heavy atom. The molecule has 1 N–H and O–H groups in total. The number of nitrogens with zero attached hydrogens (tertiary/aromatic N) is 2. The summed E-state index contributed by atoms with van der Waals surface area (Å²) in [5, 5.41) is 10.3. The number of fused-ring (bicyclic) bond motifs is 5. The zero-order chi connectivity index (χ0) is 21.5. The number of hydrogen-bond acceptors (Lipinski definition) is 1. The van der Waals surface area contributed by atoms with Gasteiger partial charge in [-0.15, -0.1) is 0 Å². The van der Waals surface area contributed by atoms with Crippen molar-refractivity contribution in [2.45, 2.75) is 122 Å². The van der Waals surface area contributed by atoms with Gasteiger partial charge < -0.3 is 15.3 Å². The topological polar surface area (TPSA) is 45.5 Å². The summed E-state index contributed by atoms with van der Waals surface area (Å²) in [4.78, 5) is 0. The molecule has 3 nitrogen and oxygen atoms in total. The van der Waals surface area contributed by atoms with Crippen LogP contribution in [0.15, 0.2) is 11.6 Å². The summed E-state index contributed by atoms with van der Waals surface area (Å²) in [5.41, 5.74) is 13.4. The summed E-state index contributed by atoms with van der Waals surface area (Å²) >= 11 is 0. The van der Waals surface area contributed by atoms with Crippen LogP contribution < -0.4 is 0 Å². The molecule has 0 radical (unpaired) electrons. The lowest BCUT2D eigenvalue weighted by Crippen LogP contribution is -2.60. The van der Waals surface area contributed by atoms with E-state index in [-0.39, 0.29) is 17.2 Å². The van der Waals surface area contributed by atoms with Crippen LogP contribution in [0.5, 0.6) is 0 Å². The van der Waals surface area contributed by atoms with Gasteiger partial charge in [-0.3, -0.25) is 0 Å². The first kappa shape index (κ1) is 21.2. The van der Waals surface area contributed by atoms with Crippen LogP contribution in [-0.2, 0) is 0 Å². The SMILES string of the molecule is CC1(C)CCC[C@@](C)([C@H]2CC[C@H]3[C@@H]4CC=C5CC(O)CC[C@]5(C)[C@H]4CC[C@@]32C)[N+]1=[N-]. The Bertz CT molecular complexity index is 771. The van der Waals surface area contributed by atoms with E-state index in [1.807, 2.05) is 0 Å². The van der Waals surface area contributed by atoms with Gasteiger partial charge in [-0.25, -0.2) is 0 Å². The van der Waals surface area contributed by atoms with Crippen molar-refractivity contribution in [1.82, 2.24) is 0 Å². The zero-order valence-electron chi connectivity index (χ0n) is 20.1. The third-order valence-electron chi connectivity index (χ3n) is 11.4. The molecule has 0 bridgehead atoms. The summed E-state index contributed by atoms with van der Waals surface area (Å²) in [7, 11) is 0. The molecule has 168 valence electrons. The monoisotopic (exact) mass is 412 g/mol. The highest BCUT2D eigenvalue weighted by molar-refractivity contribution is 5.25. The van der Waals surface area contributed by atoms with E-state index in [1.165, 1.54) is 44.9 Å². The molecule has 0 aromatic rings. The third kappa shape index (κ3) is 2.72. The van der Waals surface area contributed by atoms with Crippen LogP contribution in [0.25, 0.3) is 5.53 Å². The molecular weight excluding hydrogens is 368 g/mol. The molecule has 0 aromatic heterocycles. The van der Waals surface area contributed by atoms with E-state index < -0.39 is 0 Å². The van der Waals surface area contributed by atoms with Crippen molar-refractivity contribution in [2.75, 3.05) is 0 Å². The standard InChI is InChI=1S/C27H44N2O/c1-24(2)13-6-14-27(5,29(24)28)23-10-9-21-20-8-7-18-17-19(30)11-15-25(18,3)22(20)12-16-26(21,23)4/h7,19-23,30H,6,8-17H2,1-5H3/t19?,20-,21-,22-,23-,25-,26-,27-/m0/s1. The van der Waals surface area contributed by atoms with Gasteiger partial charge in [0.05, 0.1) is 6.10 Å². The van der Waals surface area contributed by atoms with Crippen LogP contribution in [0.3, 0.4) is 0 Å². The predicted molar refractivity (Wildman–Crippen MR) is 121 cm³/mol. The summed E-state index contributed by atoms with van der Waals surface area (Å²) in [6, 6.07) is 0. The van der Waals surface area contributed by atoms with Crippen LogP contribution >= 0.6 is 0 Å². The van der Waals surface area contributed by atoms with Crippen molar-refractivity contribution in [3.8, 4) is 0 Å². The van der Waals surface area contributed by atoms with Gasteiger partial charge in [-0.2, -0.15) is 0 Å². The smallest absolute Gasteiger partial charge is 0.151 e. The third-order valence-corrected chi connectivity index (χ3v) is 11.4. The summed E-state index contributed by atoms with van der Waals surface area (Å²) in [6.45, 7) is 11.9. The minimum atomic E-state index is -0.115. The van der Waals surface area contributed by atoms with Gasteiger partial charge in [-0.05, 0) is 107 Å². The lowest BCUT2D eigenvalue weighted by molar-refractivity contribution is -0.706. The molecular formula is C27H44N2O. The molecule has 30 heavy (non-hydrogen) atoms. The molecule has 1 saturated heterocycles. The Morgan fingerprint density at radius 2 is 1.70 bits per heavy atom. The second-order valence-corrected chi connectivity index (χ2v) is 13.2. The minimum Gasteiger partial charge on any atom is -0.506 e. The van der Waals surface area contributed by atoms with E-state index in [4.69, 9.17) is 0 Å². The Labute approximate surface area is 184 Å². The number of rotatable bonds is 1. The van der Waals surface area contributed by atoms with E-state index >= 15 is 0 Å². The molecule has 1 aliphatic heterocycles. The maximum Gasteiger partial charge on any atom is 0.151 e. The Morgan fingerprint density at radius 3 is 2.47 bits per heavy atom. The fourth-order valence-corrected chi connectivity index (χ4v) is 9.77. The Balaban J connectivity index is 1.46. The Hall–Kier alpha value is -0.700. The van der Waals surface area contributed by atoms with Crippen molar-refractivity contribution in [2.24, 2.45) is 34.5 Å². The lowest BCUT2D eigenvalue weighted by Gasteiger charge is -2.59. The first-order valence-electron chi connectivity index (χ1n) is 12.9. The highest BCUT2D eigenvalue weighted by atomic mass is 16.3. The van der Waals surface area contributed by atoms with Crippen LogP contribution in [-0.4, -0.2) is 27.0 Å². The van der Waals surface area contributed by atoms with Gasteiger partial charge >= 0.3 is 0 Å². The number of allylic oxidation sites excluding steroid dienone is 1. The molecule has 0 aromatic carbocycles. The first-order chi connectivity index (χ1) is 14.0. The average molecular weight is 413 g/mol. The van der Waals surface area contributed by atoms with E-state index in [1.54, 1.807) is 10.3 Å². The lowest BCUT2D eigenvalue weighted by atomic mass is 9.46. The van der Waals surface area contributed by atoms with Crippen LogP contribution in [0.2, 0.25) is 0 Å². The number of piperidine rings is 1. The van der Waals surface area contributed by atoms with Gasteiger partial charge in [0, 0.05) is 18.8 Å². The van der Waals surface area contributed by atoms with Crippen molar-refractivity contribution in [3.63, 3.8) is 0 Å². The van der Waals surface area contributed by atoms with Gasteiger partial charge in [0.1, 0.15) is 5.54 Å². The quantitative estimate of drug-likeness (QED) is 0.379. The maximum absolute atomic E-state index is 11.4. The summed E-state index contributed by atoms with van der Waals surface area (Å²) in [5.74, 6) is 2.97. The van der Waals surface area contributed by atoms with Crippen molar-refractivity contribution < 1.29 is 9.80 Å². The van der Waals surface area contributed by atoms with Crippen LogP contribution in [0.1, 0.15) is 105 Å². The fourth-order valence-electron chi connectivity index (χ4n) is 9.77. The van der Waals surface area contributed by atoms with E-state index in [9.17, 15) is 10.6 Å². The fraction of sp³-hybridized carbons (Fsp3) is 0.926. The molecule has 3 saturated carbocycles. The van der Waals surface area contributed by atoms with E-state index in [0.717, 1.165) is 43.4 Å². The second kappa shape index (κ2) is 6.65. The van der Waals surface area contributed by atoms with Gasteiger partial charge in [0.15, 0.2) is 5.54 Å². The summed E-state index contributed by atoms with van der Waals surface area (Å²) < 4.78 is 1.80. The molecule has 0 amide bonds. The molecule has 4 fully saturated rings. The van der Waals surface area contributed by atoms with Gasteiger partial charge in [0.25, 0.3) is 0 Å². The molecule has 5 aliphatic rings. The van der Waals surface area contributed by atoms with Gasteiger partial charge in [0.2, 0.25) is 0 Å². The number of aliphatic hydroxyl groups excluding tert-OH is 1. The molecule has 8 atom stereocenters. The highest BCUT2D eigenvalue weighted by Crippen LogP contribution is 2.68. The van der Waals surface area contributed by atoms with E-state index in [0.29, 0.717) is 16.7 Å². The molecule has 1 heterocycles. The molecule has 3 heteroatoms. The molecule has 5 rings (SSSR count). The van der Waals surface area contributed by atoms with Gasteiger partial charge in [-0.1, -0.05) is 25.5 Å². The van der Waals surface area contributed by atoms with Crippen LogP contribution in [0, 0.1) is 34.5 Å². The molecule has 4 aliphatic carbocycles. The van der Waals surface area contributed by atoms with Crippen molar-refractivity contribution in [3.05, 3.63) is 17.2 Å². The number of hydrogen-bond donors (Lipinski definition) is 1. The Kier molecular flexibility index (Phi) is 4.69. The number of aliphatic hydroxyl groups is 1. The average Bonchev–Trinajstić information content (AvgIpc) is 3.04. The predicted octanol–water partition coefficient (Wildman–Crippen LogP) is 6.68. The van der Waals surface area contributed by atoms with E-state index in [2.05, 4.69) is 40.7 Å². The normalized spacial score (nSPS) is 52.8. The maximum atomic E-state index is 11.4. The highest BCUT2D eigenvalue weighted by Gasteiger charge is 2.64. The van der Waals surface area contributed by atoms with Crippen LogP contribution in [0.4, 0.5) is 0 Å². The zero-order valence-corrected chi connectivity index (χ0v) is 20.1. The second-order valence-electron chi connectivity index (χ2n) is 13.2.